The highest BCUT2D eigenvalue weighted by Crippen LogP contribution is 2.23. The first kappa shape index (κ1) is 19.6. The summed E-state index contributed by atoms with van der Waals surface area (Å²) in [5.74, 6) is -0.642. The summed E-state index contributed by atoms with van der Waals surface area (Å²) < 4.78 is 5.52. The molecule has 0 N–H and O–H groups in total. The van der Waals surface area contributed by atoms with Crippen LogP contribution in [0.5, 0.6) is 0 Å². The van der Waals surface area contributed by atoms with Crippen LogP contribution in [-0.2, 0) is 25.5 Å². The minimum absolute atomic E-state index is 0.0538. The van der Waals surface area contributed by atoms with Gasteiger partial charge in [-0.3, -0.25) is 14.4 Å². The number of carbonyl (C=O) groups is 3. The van der Waals surface area contributed by atoms with E-state index in [-0.39, 0.29) is 18.2 Å². The van der Waals surface area contributed by atoms with E-state index in [2.05, 4.69) is 0 Å². The number of benzene rings is 2. The molecule has 1 atom stereocenters. The van der Waals surface area contributed by atoms with Gasteiger partial charge in [0.05, 0.1) is 6.42 Å². The van der Waals surface area contributed by atoms with Crippen molar-refractivity contribution in [2.45, 2.75) is 25.4 Å². The fourth-order valence-electron chi connectivity index (χ4n) is 3.18. The normalized spacial score (nSPS) is 14.6. The van der Waals surface area contributed by atoms with E-state index in [9.17, 15) is 14.4 Å². The molecule has 6 nitrogen and oxygen atoms in total. The summed E-state index contributed by atoms with van der Waals surface area (Å²) in [5, 5.41) is 0. The standard InChI is InChI=1S/C22H24N2O4/c1-23(2)22(27)21(17-7-4-3-5-8-17)28-20(26)15-16-10-12-18(13-11-16)24-14-6-9-19(24)25/h3-5,7-8,10-13,21H,6,9,14-15H2,1-2H3. The second-order valence-electron chi connectivity index (χ2n) is 7.01. The lowest BCUT2D eigenvalue weighted by atomic mass is 10.1. The molecular formula is C22H24N2O4. The molecule has 28 heavy (non-hydrogen) atoms. The molecule has 1 aliphatic heterocycles. The van der Waals surface area contributed by atoms with Gasteiger partial charge in [-0.15, -0.1) is 0 Å². The fourth-order valence-corrected chi connectivity index (χ4v) is 3.18. The average Bonchev–Trinajstić information content (AvgIpc) is 3.12. The molecule has 3 rings (SSSR count). The van der Waals surface area contributed by atoms with Crippen LogP contribution in [0.15, 0.2) is 54.6 Å². The Bertz CT molecular complexity index is 847. The minimum atomic E-state index is -0.967. The highest BCUT2D eigenvalue weighted by Gasteiger charge is 2.26. The molecule has 1 saturated heterocycles. The SMILES string of the molecule is CN(C)C(=O)C(OC(=O)Cc1ccc(N2CCCC2=O)cc1)c1ccccc1. The number of amides is 2. The number of esters is 1. The first-order chi connectivity index (χ1) is 13.5. The summed E-state index contributed by atoms with van der Waals surface area (Å²) in [7, 11) is 3.26. The highest BCUT2D eigenvalue weighted by molar-refractivity contribution is 5.95. The van der Waals surface area contributed by atoms with Crippen LogP contribution >= 0.6 is 0 Å². The Morgan fingerprint density at radius 3 is 2.32 bits per heavy atom. The molecule has 1 fully saturated rings. The molecular weight excluding hydrogens is 356 g/mol. The van der Waals surface area contributed by atoms with E-state index in [1.54, 1.807) is 43.3 Å². The zero-order valence-electron chi connectivity index (χ0n) is 16.1. The number of rotatable bonds is 6. The summed E-state index contributed by atoms with van der Waals surface area (Å²) in [4.78, 5) is 39.9. The quantitative estimate of drug-likeness (QED) is 0.723. The van der Waals surface area contributed by atoms with Gasteiger partial charge >= 0.3 is 5.97 Å². The van der Waals surface area contributed by atoms with E-state index >= 15 is 0 Å². The molecule has 0 saturated carbocycles. The van der Waals surface area contributed by atoms with Gasteiger partial charge in [-0.1, -0.05) is 42.5 Å². The molecule has 0 bridgehead atoms. The maximum absolute atomic E-state index is 12.5. The van der Waals surface area contributed by atoms with Crippen molar-refractivity contribution in [2.75, 3.05) is 25.5 Å². The average molecular weight is 380 g/mol. The number of ether oxygens (including phenoxy) is 1. The third kappa shape index (κ3) is 4.57. The van der Waals surface area contributed by atoms with Gasteiger partial charge in [0.15, 0.2) is 0 Å². The number of anilines is 1. The Morgan fingerprint density at radius 2 is 1.75 bits per heavy atom. The van der Waals surface area contributed by atoms with E-state index in [0.717, 1.165) is 24.2 Å². The van der Waals surface area contributed by atoms with E-state index in [4.69, 9.17) is 4.74 Å². The summed E-state index contributed by atoms with van der Waals surface area (Å²) in [5.41, 5.74) is 2.24. The molecule has 146 valence electrons. The van der Waals surface area contributed by atoms with Crippen molar-refractivity contribution in [1.29, 1.82) is 0 Å². The second kappa shape index (κ2) is 8.69. The first-order valence-corrected chi connectivity index (χ1v) is 9.30. The van der Waals surface area contributed by atoms with Crippen molar-refractivity contribution in [3.63, 3.8) is 0 Å². The van der Waals surface area contributed by atoms with Crippen LogP contribution in [0.3, 0.4) is 0 Å². The number of hydrogen-bond donors (Lipinski definition) is 0. The van der Waals surface area contributed by atoms with Gasteiger partial charge in [-0.2, -0.15) is 0 Å². The Kier molecular flexibility index (Phi) is 6.09. The number of hydrogen-bond acceptors (Lipinski definition) is 4. The van der Waals surface area contributed by atoms with Gasteiger partial charge in [-0.25, -0.2) is 0 Å². The van der Waals surface area contributed by atoms with Crippen LogP contribution in [0.4, 0.5) is 5.69 Å². The predicted octanol–water partition coefficient (Wildman–Crippen LogP) is 2.73. The largest absolute Gasteiger partial charge is 0.447 e. The summed E-state index contributed by atoms with van der Waals surface area (Å²) in [6.45, 7) is 0.728. The smallest absolute Gasteiger partial charge is 0.311 e. The molecule has 1 aliphatic rings. The molecule has 2 amide bonds. The lowest BCUT2D eigenvalue weighted by Crippen LogP contribution is -2.31. The van der Waals surface area contributed by atoms with Crippen LogP contribution in [-0.4, -0.2) is 43.3 Å². The van der Waals surface area contributed by atoms with E-state index in [1.165, 1.54) is 4.90 Å². The molecule has 0 radical (unpaired) electrons. The summed E-state index contributed by atoms with van der Waals surface area (Å²) in [6.07, 6.45) is 0.533. The summed E-state index contributed by atoms with van der Waals surface area (Å²) >= 11 is 0. The first-order valence-electron chi connectivity index (χ1n) is 9.30. The van der Waals surface area contributed by atoms with Gasteiger partial charge in [-0.05, 0) is 24.1 Å². The van der Waals surface area contributed by atoms with Crippen molar-refractivity contribution in [2.24, 2.45) is 0 Å². The third-order valence-corrected chi connectivity index (χ3v) is 4.69. The van der Waals surface area contributed by atoms with Crippen LogP contribution in [0.1, 0.15) is 30.1 Å². The molecule has 6 heteroatoms. The lowest BCUT2D eigenvalue weighted by Gasteiger charge is -2.21. The van der Waals surface area contributed by atoms with Crippen LogP contribution in [0, 0.1) is 0 Å². The van der Waals surface area contributed by atoms with Crippen LogP contribution < -0.4 is 4.90 Å². The van der Waals surface area contributed by atoms with Crippen molar-refractivity contribution in [3.8, 4) is 0 Å². The Morgan fingerprint density at radius 1 is 1.07 bits per heavy atom. The zero-order valence-corrected chi connectivity index (χ0v) is 16.1. The molecule has 2 aromatic carbocycles. The Hall–Kier alpha value is -3.15. The van der Waals surface area contributed by atoms with E-state index < -0.39 is 12.1 Å². The molecule has 2 aromatic rings. The van der Waals surface area contributed by atoms with E-state index in [0.29, 0.717) is 12.0 Å². The van der Waals surface area contributed by atoms with Crippen molar-refractivity contribution >= 4 is 23.5 Å². The topological polar surface area (TPSA) is 66.9 Å². The molecule has 0 aliphatic carbocycles. The van der Waals surface area contributed by atoms with Crippen LogP contribution in [0.25, 0.3) is 0 Å². The van der Waals surface area contributed by atoms with Gasteiger partial charge in [0.2, 0.25) is 12.0 Å². The lowest BCUT2D eigenvalue weighted by molar-refractivity contribution is -0.159. The minimum Gasteiger partial charge on any atom is -0.447 e. The van der Waals surface area contributed by atoms with E-state index in [1.807, 2.05) is 30.3 Å². The Labute approximate surface area is 164 Å². The molecule has 0 aromatic heterocycles. The number of likely N-dealkylation sites (N-methyl/N-ethyl adjacent to an activating group) is 1. The predicted molar refractivity (Wildman–Crippen MR) is 106 cm³/mol. The molecule has 1 heterocycles. The third-order valence-electron chi connectivity index (χ3n) is 4.69. The number of carbonyl (C=O) groups excluding carboxylic acids is 3. The van der Waals surface area contributed by atoms with Gasteiger partial charge < -0.3 is 14.5 Å². The zero-order chi connectivity index (χ0) is 20.1. The highest BCUT2D eigenvalue weighted by atomic mass is 16.5. The second-order valence-corrected chi connectivity index (χ2v) is 7.01. The van der Waals surface area contributed by atoms with Gasteiger partial charge in [0, 0.05) is 38.3 Å². The Balaban J connectivity index is 1.67. The molecule has 0 spiro atoms. The monoisotopic (exact) mass is 380 g/mol. The fraction of sp³-hybridized carbons (Fsp3) is 0.318. The maximum atomic E-state index is 12.5. The van der Waals surface area contributed by atoms with Gasteiger partial charge in [0.1, 0.15) is 0 Å². The number of nitrogens with zero attached hydrogens (tertiary/aromatic N) is 2. The van der Waals surface area contributed by atoms with Crippen molar-refractivity contribution in [1.82, 2.24) is 4.90 Å². The van der Waals surface area contributed by atoms with Gasteiger partial charge in [0.25, 0.3) is 5.91 Å². The van der Waals surface area contributed by atoms with Crippen molar-refractivity contribution < 1.29 is 19.1 Å². The summed E-state index contributed by atoms with van der Waals surface area (Å²) in [6, 6.07) is 16.3. The van der Waals surface area contributed by atoms with Crippen molar-refractivity contribution in [3.05, 3.63) is 65.7 Å². The van der Waals surface area contributed by atoms with Crippen LogP contribution in [0.2, 0.25) is 0 Å². The molecule has 1 unspecified atom stereocenters. The maximum Gasteiger partial charge on any atom is 0.311 e.